The van der Waals surface area contributed by atoms with Crippen LogP contribution in [0.4, 0.5) is 0 Å². The Bertz CT molecular complexity index is 847. The number of amides is 1. The van der Waals surface area contributed by atoms with E-state index in [-0.39, 0.29) is 12.0 Å². The fourth-order valence-electron chi connectivity index (χ4n) is 5.27. The van der Waals surface area contributed by atoms with Crippen molar-refractivity contribution in [1.29, 1.82) is 0 Å². The van der Waals surface area contributed by atoms with Gasteiger partial charge in [-0.1, -0.05) is 24.3 Å². The van der Waals surface area contributed by atoms with E-state index in [2.05, 4.69) is 34.1 Å². The van der Waals surface area contributed by atoms with Crippen LogP contribution in [0.15, 0.2) is 40.8 Å². The average Bonchev–Trinajstić information content (AvgIpc) is 3.29. The smallest absolute Gasteiger partial charge is 0.290 e. The van der Waals surface area contributed by atoms with Crippen molar-refractivity contribution < 1.29 is 13.9 Å². The van der Waals surface area contributed by atoms with E-state index in [4.69, 9.17) is 9.15 Å². The summed E-state index contributed by atoms with van der Waals surface area (Å²) in [6, 6.07) is 13.1. The molecule has 5 nitrogen and oxygen atoms in total. The Morgan fingerprint density at radius 1 is 1.11 bits per heavy atom. The highest BCUT2D eigenvalue weighted by Gasteiger charge is 2.44. The van der Waals surface area contributed by atoms with Crippen LogP contribution in [-0.4, -0.2) is 47.5 Å². The maximum atomic E-state index is 13.1. The van der Waals surface area contributed by atoms with Crippen molar-refractivity contribution in [2.75, 3.05) is 13.7 Å². The molecule has 2 aromatic rings. The molecule has 1 amide bonds. The predicted molar refractivity (Wildman–Crippen MR) is 106 cm³/mol. The maximum absolute atomic E-state index is 13.1. The molecule has 0 radical (unpaired) electrons. The molecule has 0 aliphatic carbocycles. The second-order valence-electron chi connectivity index (χ2n) is 8.42. The van der Waals surface area contributed by atoms with Crippen LogP contribution >= 0.6 is 0 Å². The Morgan fingerprint density at radius 3 is 2.61 bits per heavy atom. The lowest BCUT2D eigenvalue weighted by molar-refractivity contribution is 0.00663. The number of nitrogens with zero attached hydrogens (tertiary/aromatic N) is 2. The van der Waals surface area contributed by atoms with E-state index < -0.39 is 0 Å². The van der Waals surface area contributed by atoms with E-state index in [1.165, 1.54) is 11.1 Å². The Balaban J connectivity index is 1.25. The molecule has 0 saturated carbocycles. The van der Waals surface area contributed by atoms with Gasteiger partial charge in [-0.3, -0.25) is 9.69 Å². The summed E-state index contributed by atoms with van der Waals surface area (Å²) in [5.41, 5.74) is 2.85. The lowest BCUT2D eigenvalue weighted by Gasteiger charge is -2.37. The molecular formula is C23H28N2O3. The number of carbonyl (C=O) groups is 1. The number of ether oxygens (including phenoxy) is 1. The summed E-state index contributed by atoms with van der Waals surface area (Å²) in [4.78, 5) is 17.6. The third kappa shape index (κ3) is 3.27. The largest absolute Gasteiger partial charge is 0.455 e. The van der Waals surface area contributed by atoms with Gasteiger partial charge in [0.15, 0.2) is 5.76 Å². The minimum atomic E-state index is 0.0530. The fourth-order valence-corrected chi connectivity index (χ4v) is 5.27. The van der Waals surface area contributed by atoms with Crippen molar-refractivity contribution in [1.82, 2.24) is 9.80 Å². The SMILES string of the molecule is COC1C[C@H]2CC[C@@H](C1)N2C(=O)c1ccc(CN2CCc3ccccc3C2)o1. The second-order valence-corrected chi connectivity index (χ2v) is 8.42. The maximum Gasteiger partial charge on any atom is 0.290 e. The summed E-state index contributed by atoms with van der Waals surface area (Å²) in [7, 11) is 1.78. The van der Waals surface area contributed by atoms with E-state index in [0.717, 1.165) is 57.5 Å². The topological polar surface area (TPSA) is 45.9 Å². The van der Waals surface area contributed by atoms with Crippen LogP contribution in [0, 0.1) is 0 Å². The van der Waals surface area contributed by atoms with E-state index in [1.54, 1.807) is 7.11 Å². The van der Waals surface area contributed by atoms with E-state index in [0.29, 0.717) is 17.8 Å². The number of carbonyl (C=O) groups excluding carboxylic acids is 1. The molecule has 2 bridgehead atoms. The number of methoxy groups -OCH3 is 1. The number of fused-ring (bicyclic) bond motifs is 3. The second kappa shape index (κ2) is 7.37. The summed E-state index contributed by atoms with van der Waals surface area (Å²) in [5, 5.41) is 0. The number of piperidine rings is 1. The zero-order valence-corrected chi connectivity index (χ0v) is 16.5. The molecule has 1 unspecified atom stereocenters. The standard InChI is InChI=1S/C23H28N2O3/c1-27-21-12-18-6-7-19(13-21)25(18)23(26)22-9-8-20(28-22)15-24-11-10-16-4-2-3-5-17(16)14-24/h2-5,8-9,18-19,21H,6-7,10-15H2,1H3/t18-,19+,21?. The van der Waals surface area contributed by atoms with Crippen molar-refractivity contribution in [3.63, 3.8) is 0 Å². The van der Waals surface area contributed by atoms with Gasteiger partial charge in [-0.25, -0.2) is 0 Å². The highest BCUT2D eigenvalue weighted by Crippen LogP contribution is 2.38. The van der Waals surface area contributed by atoms with E-state index in [9.17, 15) is 4.79 Å². The molecule has 28 heavy (non-hydrogen) atoms. The van der Waals surface area contributed by atoms with Crippen molar-refractivity contribution >= 4 is 5.91 Å². The molecule has 2 fully saturated rings. The third-order valence-electron chi connectivity index (χ3n) is 6.72. The minimum absolute atomic E-state index is 0.0530. The molecule has 0 N–H and O–H groups in total. The quantitative estimate of drug-likeness (QED) is 0.813. The molecule has 3 aliphatic heterocycles. The van der Waals surface area contributed by atoms with Gasteiger partial charge in [0.05, 0.1) is 12.6 Å². The van der Waals surface area contributed by atoms with Crippen LogP contribution in [-0.2, 0) is 24.2 Å². The Morgan fingerprint density at radius 2 is 1.86 bits per heavy atom. The third-order valence-corrected chi connectivity index (χ3v) is 6.72. The lowest BCUT2D eigenvalue weighted by Crippen LogP contribution is -2.48. The first-order valence-corrected chi connectivity index (χ1v) is 10.4. The Labute approximate surface area is 166 Å². The first-order valence-electron chi connectivity index (χ1n) is 10.4. The summed E-state index contributed by atoms with van der Waals surface area (Å²) >= 11 is 0. The van der Waals surface area contributed by atoms with Gasteiger partial charge in [-0.2, -0.15) is 0 Å². The molecule has 4 heterocycles. The van der Waals surface area contributed by atoms with Crippen molar-refractivity contribution in [3.05, 3.63) is 59.0 Å². The molecule has 3 atom stereocenters. The van der Waals surface area contributed by atoms with Gasteiger partial charge in [0.2, 0.25) is 0 Å². The molecular weight excluding hydrogens is 352 g/mol. The summed E-state index contributed by atoms with van der Waals surface area (Å²) in [6.07, 6.45) is 5.41. The highest BCUT2D eigenvalue weighted by molar-refractivity contribution is 5.92. The molecule has 5 heteroatoms. The first kappa shape index (κ1) is 18.0. The van der Waals surface area contributed by atoms with Gasteiger partial charge in [-0.15, -0.1) is 0 Å². The van der Waals surface area contributed by atoms with E-state index >= 15 is 0 Å². The predicted octanol–water partition coefficient (Wildman–Crippen LogP) is 3.62. The monoisotopic (exact) mass is 380 g/mol. The molecule has 2 saturated heterocycles. The number of rotatable bonds is 4. The minimum Gasteiger partial charge on any atom is -0.455 e. The van der Waals surface area contributed by atoms with Gasteiger partial charge in [0.25, 0.3) is 5.91 Å². The summed E-state index contributed by atoms with van der Waals surface area (Å²) in [5.74, 6) is 1.42. The van der Waals surface area contributed by atoms with Crippen molar-refractivity contribution in [3.8, 4) is 0 Å². The first-order chi connectivity index (χ1) is 13.7. The fraction of sp³-hybridized carbons (Fsp3) is 0.522. The van der Waals surface area contributed by atoms with Gasteiger partial charge < -0.3 is 14.1 Å². The molecule has 1 aromatic carbocycles. The van der Waals surface area contributed by atoms with Gasteiger partial charge in [0.1, 0.15) is 5.76 Å². The normalized spacial score (nSPS) is 27.0. The Hall–Kier alpha value is -2.11. The molecule has 148 valence electrons. The van der Waals surface area contributed by atoms with Crippen LogP contribution in [0.25, 0.3) is 0 Å². The van der Waals surface area contributed by atoms with Gasteiger partial charge >= 0.3 is 0 Å². The van der Waals surface area contributed by atoms with Crippen LogP contribution in [0.5, 0.6) is 0 Å². The van der Waals surface area contributed by atoms with Gasteiger partial charge in [0, 0.05) is 32.3 Å². The van der Waals surface area contributed by atoms with Crippen molar-refractivity contribution in [2.45, 2.75) is 63.4 Å². The Kier molecular flexibility index (Phi) is 4.73. The number of hydrogen-bond acceptors (Lipinski definition) is 4. The van der Waals surface area contributed by atoms with E-state index in [1.807, 2.05) is 12.1 Å². The summed E-state index contributed by atoms with van der Waals surface area (Å²) < 4.78 is 11.6. The van der Waals surface area contributed by atoms with Crippen LogP contribution < -0.4 is 0 Å². The molecule has 3 aliphatic rings. The highest BCUT2D eigenvalue weighted by atomic mass is 16.5. The summed E-state index contributed by atoms with van der Waals surface area (Å²) in [6.45, 7) is 2.71. The van der Waals surface area contributed by atoms with Crippen LogP contribution in [0.3, 0.4) is 0 Å². The number of benzene rings is 1. The molecule has 0 spiro atoms. The van der Waals surface area contributed by atoms with Gasteiger partial charge in [-0.05, 0) is 55.4 Å². The zero-order valence-electron chi connectivity index (χ0n) is 16.5. The average molecular weight is 380 g/mol. The number of furan rings is 1. The van der Waals surface area contributed by atoms with Crippen LogP contribution in [0.2, 0.25) is 0 Å². The lowest BCUT2D eigenvalue weighted by atomic mass is 9.99. The molecule has 1 aromatic heterocycles. The molecule has 5 rings (SSSR count). The number of hydrogen-bond donors (Lipinski definition) is 0. The zero-order chi connectivity index (χ0) is 19.1. The van der Waals surface area contributed by atoms with Crippen LogP contribution in [0.1, 0.15) is 53.1 Å². The van der Waals surface area contributed by atoms with Crippen molar-refractivity contribution in [2.24, 2.45) is 0 Å².